The molecule has 110 valence electrons. The number of hydrogen-bond acceptors (Lipinski definition) is 3. The molecular weight excluding hydrogens is 372 g/mol. The number of halogens is 4. The van der Waals surface area contributed by atoms with Crippen molar-refractivity contribution in [3.63, 3.8) is 0 Å². The first-order valence-electron chi connectivity index (χ1n) is 5.58. The number of nitro groups is 1. The van der Waals surface area contributed by atoms with E-state index >= 15 is 0 Å². The van der Waals surface area contributed by atoms with Crippen LogP contribution < -0.4 is 4.74 Å². The van der Waals surface area contributed by atoms with E-state index < -0.39 is 28.0 Å². The van der Waals surface area contributed by atoms with Crippen LogP contribution >= 0.6 is 27.5 Å². The van der Waals surface area contributed by atoms with Crippen molar-refractivity contribution in [2.75, 3.05) is 0 Å². The Labute approximate surface area is 131 Å². The smallest absolute Gasteiger partial charge is 0.307 e. The average molecular weight is 379 g/mol. The molecule has 0 saturated heterocycles. The van der Waals surface area contributed by atoms with E-state index in [1.54, 1.807) is 6.07 Å². The zero-order valence-corrected chi connectivity index (χ0v) is 12.6. The lowest BCUT2D eigenvalue weighted by Gasteiger charge is -2.09. The summed E-state index contributed by atoms with van der Waals surface area (Å²) < 4.78 is 32.3. The van der Waals surface area contributed by atoms with Crippen LogP contribution in [0.15, 0.2) is 30.3 Å². The molecule has 21 heavy (non-hydrogen) atoms. The van der Waals surface area contributed by atoms with Crippen LogP contribution in [0, 0.1) is 21.7 Å². The van der Waals surface area contributed by atoms with Gasteiger partial charge in [0.05, 0.1) is 11.0 Å². The zero-order valence-electron chi connectivity index (χ0n) is 10.3. The van der Waals surface area contributed by atoms with Gasteiger partial charge in [-0.2, -0.15) is 4.39 Å². The van der Waals surface area contributed by atoms with Crippen molar-refractivity contribution in [1.82, 2.24) is 0 Å². The van der Waals surface area contributed by atoms with Crippen molar-refractivity contribution in [2.24, 2.45) is 0 Å². The highest BCUT2D eigenvalue weighted by Crippen LogP contribution is 2.32. The van der Waals surface area contributed by atoms with E-state index in [2.05, 4.69) is 15.9 Å². The largest absolute Gasteiger partial charge is 0.454 e. The van der Waals surface area contributed by atoms with Gasteiger partial charge in [-0.3, -0.25) is 10.1 Å². The molecule has 0 amide bonds. The van der Waals surface area contributed by atoms with E-state index in [-0.39, 0.29) is 5.75 Å². The second-order valence-electron chi connectivity index (χ2n) is 3.98. The van der Waals surface area contributed by atoms with E-state index in [0.29, 0.717) is 22.5 Å². The molecule has 8 heteroatoms. The molecule has 0 atom stereocenters. The molecule has 0 aliphatic rings. The topological polar surface area (TPSA) is 52.4 Å². The number of rotatable bonds is 4. The van der Waals surface area contributed by atoms with Crippen LogP contribution in [0.1, 0.15) is 5.56 Å². The van der Waals surface area contributed by atoms with Crippen LogP contribution in [-0.2, 0) is 5.33 Å². The fourth-order valence-electron chi connectivity index (χ4n) is 1.56. The quantitative estimate of drug-likeness (QED) is 0.417. The third-order valence-corrected chi connectivity index (χ3v) is 3.55. The van der Waals surface area contributed by atoms with Gasteiger partial charge in [-0.05, 0) is 17.7 Å². The van der Waals surface area contributed by atoms with Crippen LogP contribution in [0.4, 0.5) is 14.5 Å². The molecule has 0 aromatic heterocycles. The van der Waals surface area contributed by atoms with Crippen molar-refractivity contribution in [3.8, 4) is 11.5 Å². The highest BCUT2D eigenvalue weighted by Gasteiger charge is 2.19. The normalized spacial score (nSPS) is 10.5. The maximum atomic E-state index is 13.7. The van der Waals surface area contributed by atoms with Crippen molar-refractivity contribution in [1.29, 1.82) is 0 Å². The van der Waals surface area contributed by atoms with Crippen LogP contribution in [0.3, 0.4) is 0 Å². The number of nitrogens with zero attached hydrogens (tertiary/aromatic N) is 1. The number of alkyl halides is 1. The third-order valence-electron chi connectivity index (χ3n) is 2.59. The highest BCUT2D eigenvalue weighted by atomic mass is 79.9. The number of benzene rings is 2. The lowest BCUT2D eigenvalue weighted by Crippen LogP contribution is -1.96. The van der Waals surface area contributed by atoms with Gasteiger partial charge in [0.2, 0.25) is 5.82 Å². The summed E-state index contributed by atoms with van der Waals surface area (Å²) in [5.41, 5.74) is -0.146. The Balaban J connectivity index is 2.34. The summed E-state index contributed by atoms with van der Waals surface area (Å²) >= 11 is 9.21. The Bertz CT molecular complexity index is 712. The molecule has 0 spiro atoms. The number of nitro benzene ring substituents is 1. The van der Waals surface area contributed by atoms with Gasteiger partial charge in [0.15, 0.2) is 11.6 Å². The summed E-state index contributed by atoms with van der Waals surface area (Å²) in [6.07, 6.45) is 0. The molecular formula is C13H7BrClF2NO3. The van der Waals surface area contributed by atoms with Crippen molar-refractivity contribution in [2.45, 2.75) is 5.33 Å². The third kappa shape index (κ3) is 3.48. The first kappa shape index (κ1) is 15.7. The Morgan fingerprint density at radius 1 is 1.24 bits per heavy atom. The minimum atomic E-state index is -1.18. The van der Waals surface area contributed by atoms with E-state index in [1.807, 2.05) is 0 Å². The van der Waals surface area contributed by atoms with Gasteiger partial charge in [-0.1, -0.05) is 33.6 Å². The van der Waals surface area contributed by atoms with Crippen LogP contribution in [-0.4, -0.2) is 4.92 Å². The Hall–Kier alpha value is -1.73. The minimum absolute atomic E-state index is 0.192. The second kappa shape index (κ2) is 6.36. The van der Waals surface area contributed by atoms with Crippen LogP contribution in [0.25, 0.3) is 0 Å². The molecule has 4 nitrogen and oxygen atoms in total. The molecule has 2 rings (SSSR count). The molecule has 0 unspecified atom stereocenters. The van der Waals surface area contributed by atoms with Gasteiger partial charge < -0.3 is 4.74 Å². The SMILES string of the molecule is O=[N+]([O-])c1cc(F)c(Oc2ccc(CBr)c(Cl)c2)cc1F. The summed E-state index contributed by atoms with van der Waals surface area (Å²) in [7, 11) is 0. The van der Waals surface area contributed by atoms with Crippen molar-refractivity contribution < 1.29 is 18.4 Å². The first-order valence-corrected chi connectivity index (χ1v) is 7.08. The molecule has 0 saturated carbocycles. The molecule has 0 aliphatic carbocycles. The van der Waals surface area contributed by atoms with Gasteiger partial charge in [0, 0.05) is 16.4 Å². The van der Waals surface area contributed by atoms with Crippen molar-refractivity contribution >= 4 is 33.2 Å². The van der Waals surface area contributed by atoms with Gasteiger partial charge in [-0.15, -0.1) is 0 Å². The Morgan fingerprint density at radius 2 is 1.95 bits per heavy atom. The monoisotopic (exact) mass is 377 g/mol. The fraction of sp³-hybridized carbons (Fsp3) is 0.0769. The van der Waals surface area contributed by atoms with Gasteiger partial charge in [0.1, 0.15) is 5.75 Å². The van der Waals surface area contributed by atoms with E-state index in [4.69, 9.17) is 16.3 Å². The summed E-state index contributed by atoms with van der Waals surface area (Å²) in [5.74, 6) is -2.49. The summed E-state index contributed by atoms with van der Waals surface area (Å²) in [4.78, 5) is 9.48. The average Bonchev–Trinajstić information content (AvgIpc) is 2.42. The predicted octanol–water partition coefficient (Wildman–Crippen LogP) is 5.21. The maximum Gasteiger partial charge on any atom is 0.307 e. The zero-order chi connectivity index (χ0) is 15.6. The van der Waals surface area contributed by atoms with E-state index in [0.717, 1.165) is 5.56 Å². The number of ether oxygens (including phenoxy) is 1. The van der Waals surface area contributed by atoms with Crippen LogP contribution in [0.5, 0.6) is 11.5 Å². The molecule has 0 heterocycles. The standard InChI is InChI=1S/C13H7BrClF2NO3/c14-6-7-1-2-8(3-9(7)15)21-13-5-10(16)12(18(19)20)4-11(13)17/h1-5H,6H2. The van der Waals surface area contributed by atoms with Gasteiger partial charge >= 0.3 is 5.69 Å². The van der Waals surface area contributed by atoms with Gasteiger partial charge in [0.25, 0.3) is 0 Å². The lowest BCUT2D eigenvalue weighted by atomic mass is 10.2. The molecule has 2 aromatic rings. The van der Waals surface area contributed by atoms with Crippen molar-refractivity contribution in [3.05, 3.63) is 62.7 Å². The van der Waals surface area contributed by atoms with Gasteiger partial charge in [-0.25, -0.2) is 4.39 Å². The summed E-state index contributed by atoms with van der Waals surface area (Å²) in [6, 6.07) is 5.73. The molecule has 0 bridgehead atoms. The summed E-state index contributed by atoms with van der Waals surface area (Å²) in [6.45, 7) is 0. The molecule has 0 fully saturated rings. The maximum absolute atomic E-state index is 13.7. The first-order chi connectivity index (χ1) is 9.92. The van der Waals surface area contributed by atoms with Crippen LogP contribution in [0.2, 0.25) is 5.02 Å². The molecule has 0 N–H and O–H groups in total. The van der Waals surface area contributed by atoms with E-state index in [9.17, 15) is 18.9 Å². The molecule has 0 radical (unpaired) electrons. The minimum Gasteiger partial charge on any atom is -0.454 e. The Kier molecular flexibility index (Phi) is 4.74. The second-order valence-corrected chi connectivity index (χ2v) is 4.95. The highest BCUT2D eigenvalue weighted by molar-refractivity contribution is 9.08. The number of hydrogen-bond donors (Lipinski definition) is 0. The Morgan fingerprint density at radius 3 is 2.52 bits per heavy atom. The fourth-order valence-corrected chi connectivity index (χ4v) is 2.45. The lowest BCUT2D eigenvalue weighted by molar-refractivity contribution is -0.387. The summed E-state index contributed by atoms with van der Waals surface area (Å²) in [5, 5.41) is 11.4. The van der Waals surface area contributed by atoms with E-state index in [1.165, 1.54) is 12.1 Å². The molecule has 0 aliphatic heterocycles. The molecule has 2 aromatic carbocycles. The predicted molar refractivity (Wildman–Crippen MR) is 77.2 cm³/mol.